The quantitative estimate of drug-likeness (QED) is 0.846. The molecule has 7 nitrogen and oxygen atoms in total. The van der Waals surface area contributed by atoms with Crippen molar-refractivity contribution in [1.29, 1.82) is 15.8 Å². The van der Waals surface area contributed by atoms with Gasteiger partial charge in [0.1, 0.15) is 6.07 Å². The van der Waals surface area contributed by atoms with Crippen LogP contribution < -0.4 is 15.2 Å². The molecule has 2 N–H and O–H groups in total. The van der Waals surface area contributed by atoms with Gasteiger partial charge < -0.3 is 15.2 Å². The number of fused-ring (bicyclic) bond motifs is 2. The van der Waals surface area contributed by atoms with Crippen LogP contribution in [0.25, 0.3) is 0 Å². The second-order valence-electron chi connectivity index (χ2n) is 7.55. The number of benzene rings is 1. The van der Waals surface area contributed by atoms with E-state index in [1.807, 2.05) is 18.2 Å². The van der Waals surface area contributed by atoms with Crippen LogP contribution >= 0.6 is 0 Å². The first-order chi connectivity index (χ1) is 14.1. The molecule has 4 rings (SSSR count). The van der Waals surface area contributed by atoms with Crippen molar-refractivity contribution in [3.8, 4) is 29.7 Å². The largest absolute Gasteiger partial charge is 0.454 e. The minimum atomic E-state index is -1.63. The van der Waals surface area contributed by atoms with Gasteiger partial charge in [0.15, 0.2) is 16.9 Å². The van der Waals surface area contributed by atoms with Crippen molar-refractivity contribution >= 4 is 0 Å². The van der Waals surface area contributed by atoms with E-state index in [0.29, 0.717) is 18.0 Å². The number of hydrogen-bond acceptors (Lipinski definition) is 7. The molecule has 2 heterocycles. The molecule has 0 radical (unpaired) electrons. The molecule has 0 bridgehead atoms. The van der Waals surface area contributed by atoms with Crippen molar-refractivity contribution < 1.29 is 9.47 Å². The van der Waals surface area contributed by atoms with E-state index in [4.69, 9.17) is 15.2 Å². The SMILES string of the molecule is CCCN1CC=C2C(C#N)=C(N)C(C#N)(C#N)[C@@H](c3ccc4c(c3)OCO4)[C@H]2C1. The molecular formula is C22H21N5O2. The van der Waals surface area contributed by atoms with Gasteiger partial charge in [-0.25, -0.2) is 0 Å². The highest BCUT2D eigenvalue weighted by Gasteiger charge is 2.54. The lowest BCUT2D eigenvalue weighted by atomic mass is 9.58. The minimum absolute atomic E-state index is 0.0408. The molecule has 0 unspecified atom stereocenters. The molecule has 0 saturated heterocycles. The van der Waals surface area contributed by atoms with E-state index in [9.17, 15) is 15.8 Å². The Balaban J connectivity index is 1.93. The lowest BCUT2D eigenvalue weighted by molar-refractivity contribution is 0.173. The molecule has 7 heteroatoms. The first-order valence-electron chi connectivity index (χ1n) is 9.64. The van der Waals surface area contributed by atoms with E-state index in [1.165, 1.54) is 0 Å². The lowest BCUT2D eigenvalue weighted by Crippen LogP contribution is -2.48. The van der Waals surface area contributed by atoms with Crippen LogP contribution in [0, 0.1) is 45.3 Å². The van der Waals surface area contributed by atoms with Crippen molar-refractivity contribution in [1.82, 2.24) is 4.90 Å². The van der Waals surface area contributed by atoms with Gasteiger partial charge in [-0.1, -0.05) is 19.1 Å². The summed E-state index contributed by atoms with van der Waals surface area (Å²) >= 11 is 0. The fourth-order valence-corrected chi connectivity index (χ4v) is 4.72. The van der Waals surface area contributed by atoms with Crippen molar-refractivity contribution in [2.75, 3.05) is 26.4 Å². The third kappa shape index (κ3) is 2.73. The number of ether oxygens (including phenoxy) is 2. The first kappa shape index (κ1) is 18.9. The van der Waals surface area contributed by atoms with Gasteiger partial charge in [0.25, 0.3) is 0 Å². The highest BCUT2D eigenvalue weighted by Crippen LogP contribution is 2.55. The Hall–Kier alpha value is -3.47. The molecule has 29 heavy (non-hydrogen) atoms. The maximum absolute atomic E-state index is 10.1. The second kappa shape index (κ2) is 7.17. The van der Waals surface area contributed by atoms with Crippen LogP contribution in [0.2, 0.25) is 0 Å². The summed E-state index contributed by atoms with van der Waals surface area (Å²) in [6.45, 7) is 4.54. The Kier molecular flexibility index (Phi) is 4.66. The molecule has 0 amide bonds. The van der Waals surface area contributed by atoms with Crippen LogP contribution in [-0.4, -0.2) is 31.3 Å². The van der Waals surface area contributed by atoms with Crippen LogP contribution in [0.15, 0.2) is 41.1 Å². The minimum Gasteiger partial charge on any atom is -0.454 e. The monoisotopic (exact) mass is 387 g/mol. The van der Waals surface area contributed by atoms with E-state index in [0.717, 1.165) is 30.6 Å². The number of nitrogens with zero attached hydrogens (tertiary/aromatic N) is 4. The molecule has 0 aromatic heterocycles. The molecule has 1 aliphatic carbocycles. The number of nitrogens with two attached hydrogens (primary N) is 1. The van der Waals surface area contributed by atoms with E-state index in [2.05, 4.69) is 30.0 Å². The molecular weight excluding hydrogens is 366 g/mol. The van der Waals surface area contributed by atoms with E-state index < -0.39 is 11.3 Å². The third-order valence-corrected chi connectivity index (χ3v) is 6.04. The summed E-state index contributed by atoms with van der Waals surface area (Å²) < 4.78 is 10.9. The van der Waals surface area contributed by atoms with Crippen LogP contribution in [0.1, 0.15) is 24.8 Å². The highest BCUT2D eigenvalue weighted by molar-refractivity contribution is 5.60. The Morgan fingerprint density at radius 1 is 1.21 bits per heavy atom. The van der Waals surface area contributed by atoms with E-state index >= 15 is 0 Å². The standard InChI is InChI=1S/C22H21N5O2/c1-2-6-27-7-5-15-16(9-23)21(26)22(11-24,12-25)20(17(15)10-27)14-3-4-18-19(8-14)29-13-28-18/h3-5,8,17,20H,2,6-7,10,13,26H2,1H3/t17-,20-/m0/s1. The smallest absolute Gasteiger partial charge is 0.231 e. The zero-order chi connectivity index (χ0) is 20.6. The van der Waals surface area contributed by atoms with Crippen molar-refractivity contribution in [2.45, 2.75) is 19.3 Å². The third-order valence-electron chi connectivity index (χ3n) is 6.04. The van der Waals surface area contributed by atoms with Crippen LogP contribution in [-0.2, 0) is 0 Å². The number of nitriles is 3. The first-order valence-corrected chi connectivity index (χ1v) is 9.64. The molecule has 0 fully saturated rings. The predicted octanol–water partition coefficient (Wildman–Crippen LogP) is 2.55. The molecule has 0 spiro atoms. The second-order valence-corrected chi connectivity index (χ2v) is 7.55. The normalized spacial score (nSPS) is 24.7. The molecule has 146 valence electrons. The number of hydrogen-bond donors (Lipinski definition) is 1. The molecule has 3 aliphatic rings. The van der Waals surface area contributed by atoms with Gasteiger partial charge in [0.2, 0.25) is 6.79 Å². The van der Waals surface area contributed by atoms with E-state index in [1.54, 1.807) is 6.07 Å². The molecule has 0 saturated carbocycles. The average molecular weight is 387 g/mol. The van der Waals surface area contributed by atoms with Gasteiger partial charge in [-0.2, -0.15) is 15.8 Å². The maximum Gasteiger partial charge on any atom is 0.231 e. The maximum atomic E-state index is 10.1. The molecule has 2 aliphatic heterocycles. The summed E-state index contributed by atoms with van der Waals surface area (Å²) in [6, 6.07) is 12.0. The number of rotatable bonds is 3. The summed E-state index contributed by atoms with van der Waals surface area (Å²) in [4.78, 5) is 2.28. The molecule has 2 atom stereocenters. The summed E-state index contributed by atoms with van der Waals surface area (Å²) in [5.74, 6) is 0.511. The average Bonchev–Trinajstić information content (AvgIpc) is 3.21. The Morgan fingerprint density at radius 2 is 1.97 bits per heavy atom. The van der Waals surface area contributed by atoms with Crippen molar-refractivity contribution in [2.24, 2.45) is 17.1 Å². The molecule has 1 aromatic carbocycles. The fourth-order valence-electron chi connectivity index (χ4n) is 4.72. The zero-order valence-corrected chi connectivity index (χ0v) is 16.2. The number of allylic oxidation sites excluding steroid dienone is 2. The van der Waals surface area contributed by atoms with E-state index in [-0.39, 0.29) is 24.0 Å². The van der Waals surface area contributed by atoms with Gasteiger partial charge in [0.05, 0.1) is 23.4 Å². The predicted molar refractivity (Wildman–Crippen MR) is 104 cm³/mol. The Bertz CT molecular complexity index is 1020. The fraction of sp³-hybridized carbons (Fsp3) is 0.409. The van der Waals surface area contributed by atoms with Gasteiger partial charge >= 0.3 is 0 Å². The zero-order valence-electron chi connectivity index (χ0n) is 16.2. The summed E-state index contributed by atoms with van der Waals surface area (Å²) in [5, 5.41) is 30.0. The molecule has 1 aromatic rings. The van der Waals surface area contributed by atoms with Gasteiger partial charge in [-0.3, -0.25) is 4.90 Å². The van der Waals surface area contributed by atoms with Gasteiger partial charge in [-0.15, -0.1) is 0 Å². The Morgan fingerprint density at radius 3 is 2.66 bits per heavy atom. The van der Waals surface area contributed by atoms with Crippen LogP contribution in [0.5, 0.6) is 11.5 Å². The van der Waals surface area contributed by atoms with Crippen LogP contribution in [0.3, 0.4) is 0 Å². The van der Waals surface area contributed by atoms with Gasteiger partial charge in [0, 0.05) is 24.9 Å². The van der Waals surface area contributed by atoms with Crippen LogP contribution in [0.4, 0.5) is 0 Å². The van der Waals surface area contributed by atoms with Gasteiger partial charge in [-0.05, 0) is 36.2 Å². The summed E-state index contributed by atoms with van der Waals surface area (Å²) in [7, 11) is 0. The summed E-state index contributed by atoms with van der Waals surface area (Å²) in [5.41, 5.74) is 6.63. The summed E-state index contributed by atoms with van der Waals surface area (Å²) in [6.07, 6.45) is 3.02. The highest BCUT2D eigenvalue weighted by atomic mass is 16.7. The topological polar surface area (TPSA) is 119 Å². The van der Waals surface area contributed by atoms with Crippen molar-refractivity contribution in [3.63, 3.8) is 0 Å². The lowest BCUT2D eigenvalue weighted by Gasteiger charge is -2.45. The Labute approximate surface area is 169 Å². The van der Waals surface area contributed by atoms with Crippen molar-refractivity contribution in [3.05, 3.63) is 46.7 Å².